The number of hydrogen-bond donors (Lipinski definition) is 0. The van der Waals surface area contributed by atoms with Crippen LogP contribution in [-0.2, 0) is 0 Å². The van der Waals surface area contributed by atoms with Crippen molar-refractivity contribution in [2.24, 2.45) is 0 Å². The van der Waals surface area contributed by atoms with Crippen molar-refractivity contribution in [3.05, 3.63) is 140 Å². The first-order valence-corrected chi connectivity index (χ1v) is 24.2. The fourth-order valence-corrected chi connectivity index (χ4v) is 6.67. The van der Waals surface area contributed by atoms with Crippen LogP contribution >= 0.6 is 0 Å². The van der Waals surface area contributed by atoms with E-state index in [2.05, 4.69) is 184 Å². The highest BCUT2D eigenvalue weighted by atomic mass is 14.0. The van der Waals surface area contributed by atoms with E-state index in [9.17, 15) is 0 Å². The second kappa shape index (κ2) is 40.0. The van der Waals surface area contributed by atoms with Gasteiger partial charge in [0.2, 0.25) is 0 Å². The molecule has 0 N–H and O–H groups in total. The molecule has 0 radical (unpaired) electrons. The summed E-state index contributed by atoms with van der Waals surface area (Å²) in [5.41, 5.74) is 17.9. The average Bonchev–Trinajstić information content (AvgIpc) is 3.15. The summed E-state index contributed by atoms with van der Waals surface area (Å²) in [6, 6.07) is 0. The zero-order chi connectivity index (χ0) is 45.6. The highest BCUT2D eigenvalue weighted by Crippen LogP contribution is 2.17. The van der Waals surface area contributed by atoms with E-state index in [0.29, 0.717) is 0 Å². The zero-order valence-corrected chi connectivity index (χ0v) is 43.1. The van der Waals surface area contributed by atoms with Crippen molar-refractivity contribution in [1.82, 2.24) is 0 Å². The van der Waals surface area contributed by atoms with Gasteiger partial charge in [-0.15, -0.1) is 0 Å². The van der Waals surface area contributed by atoms with Crippen LogP contribution in [-0.4, -0.2) is 0 Å². The van der Waals surface area contributed by atoms with Crippen molar-refractivity contribution in [3.63, 3.8) is 0 Å². The molecule has 0 saturated heterocycles. The van der Waals surface area contributed by atoms with E-state index in [0.717, 1.165) is 0 Å². The molecular weight excluding hydrogens is 721 g/mol. The van der Waals surface area contributed by atoms with E-state index in [4.69, 9.17) is 0 Å². The molecule has 0 spiro atoms. The van der Waals surface area contributed by atoms with Crippen LogP contribution in [0.3, 0.4) is 0 Å². The summed E-state index contributed by atoms with van der Waals surface area (Å²) in [4.78, 5) is 0. The number of rotatable bonds is 30. The maximum atomic E-state index is 2.43. The van der Waals surface area contributed by atoms with Crippen molar-refractivity contribution in [2.75, 3.05) is 0 Å². The molecule has 0 aromatic carbocycles. The standard InChI is InChI=1S/2C30H50/c2*1-25(2)15-11-19-29(7)23-13-21-27(5)17-9-10-18-28(6)22-14-24-30(8)20-12-16-26(3)4/h2*15-18,23-24H,9-14,19-22H2,1-8H3/b27-17+,28-18+,29-23+,30-24+;. The van der Waals surface area contributed by atoms with E-state index in [1.54, 1.807) is 0 Å². The lowest BCUT2D eigenvalue weighted by Gasteiger charge is -2.02. The summed E-state index contributed by atoms with van der Waals surface area (Å²) in [7, 11) is 0. The minimum absolute atomic E-state index is 1.17. The Morgan fingerprint density at radius 2 is 0.283 bits per heavy atom. The van der Waals surface area contributed by atoms with Gasteiger partial charge >= 0.3 is 0 Å². The van der Waals surface area contributed by atoms with Gasteiger partial charge in [0.1, 0.15) is 0 Å². The fourth-order valence-electron chi connectivity index (χ4n) is 6.67. The summed E-state index contributed by atoms with van der Waals surface area (Å²) >= 11 is 0. The van der Waals surface area contributed by atoms with Gasteiger partial charge in [-0.1, -0.05) is 140 Å². The molecule has 0 nitrogen and oxygen atoms in total. The Bertz CT molecular complexity index is 1270. The Kier molecular flexibility index (Phi) is 39.3. The lowest BCUT2D eigenvalue weighted by molar-refractivity contribution is 0.896. The normalized spacial score (nSPS) is 13.5. The summed E-state index contributed by atoms with van der Waals surface area (Å²) in [6.07, 6.45) is 52.4. The smallest absolute Gasteiger partial charge is 0.0288 e. The molecule has 0 aromatic rings. The van der Waals surface area contributed by atoms with Crippen LogP contribution in [0, 0.1) is 0 Å². The van der Waals surface area contributed by atoms with Crippen molar-refractivity contribution >= 4 is 0 Å². The maximum absolute atomic E-state index is 2.43. The van der Waals surface area contributed by atoms with E-state index < -0.39 is 0 Å². The van der Waals surface area contributed by atoms with Gasteiger partial charge < -0.3 is 0 Å². The molecule has 0 heterocycles. The number of allylic oxidation sites excluding steroid dienone is 24. The van der Waals surface area contributed by atoms with Gasteiger partial charge in [0.15, 0.2) is 0 Å². The van der Waals surface area contributed by atoms with Gasteiger partial charge in [0.05, 0.1) is 0 Å². The lowest BCUT2D eigenvalue weighted by Crippen LogP contribution is -1.82. The predicted molar refractivity (Wildman–Crippen MR) is 280 cm³/mol. The molecule has 0 heteroatoms. The molecular formula is C60H100. The summed E-state index contributed by atoms with van der Waals surface area (Å²) in [5, 5.41) is 0. The van der Waals surface area contributed by atoms with Crippen LogP contribution in [0.4, 0.5) is 0 Å². The molecule has 0 bridgehead atoms. The predicted octanol–water partition coefficient (Wildman–Crippen LogP) is 21.2. The summed E-state index contributed by atoms with van der Waals surface area (Å²) in [5.74, 6) is 0. The Morgan fingerprint density at radius 1 is 0.167 bits per heavy atom. The highest BCUT2D eigenvalue weighted by molar-refractivity contribution is 5.10. The third kappa shape index (κ3) is 46.0. The third-order valence-corrected chi connectivity index (χ3v) is 10.8. The first-order valence-electron chi connectivity index (χ1n) is 24.2. The van der Waals surface area contributed by atoms with Crippen molar-refractivity contribution in [1.29, 1.82) is 0 Å². The highest BCUT2D eigenvalue weighted by Gasteiger charge is 1.96. The maximum Gasteiger partial charge on any atom is -0.0288 e. The topological polar surface area (TPSA) is 0 Å². The molecule has 0 aliphatic heterocycles. The van der Waals surface area contributed by atoms with Gasteiger partial charge in [-0.05, 0) is 239 Å². The second-order valence-electron chi connectivity index (χ2n) is 19.0. The first-order chi connectivity index (χ1) is 28.4. The van der Waals surface area contributed by atoms with E-state index >= 15 is 0 Å². The molecule has 0 aromatic heterocycles. The van der Waals surface area contributed by atoms with E-state index in [1.165, 1.54) is 195 Å². The van der Waals surface area contributed by atoms with E-state index in [-0.39, 0.29) is 0 Å². The van der Waals surface area contributed by atoms with Crippen molar-refractivity contribution in [3.8, 4) is 0 Å². The largest absolute Gasteiger partial charge is 0.0856 e. The molecule has 0 unspecified atom stereocenters. The molecule has 0 saturated carbocycles. The lowest BCUT2D eigenvalue weighted by atomic mass is 10.0. The monoisotopic (exact) mass is 821 g/mol. The van der Waals surface area contributed by atoms with Crippen LogP contribution in [0.25, 0.3) is 0 Å². The van der Waals surface area contributed by atoms with Gasteiger partial charge in [0.25, 0.3) is 0 Å². The zero-order valence-electron chi connectivity index (χ0n) is 43.1. The van der Waals surface area contributed by atoms with Crippen LogP contribution in [0.5, 0.6) is 0 Å². The molecule has 0 aliphatic rings. The molecule has 0 aliphatic carbocycles. The van der Waals surface area contributed by atoms with Gasteiger partial charge in [-0.2, -0.15) is 0 Å². The first kappa shape index (κ1) is 59.0. The minimum Gasteiger partial charge on any atom is -0.0856 e. The minimum atomic E-state index is 1.17. The Balaban J connectivity index is 0. The summed E-state index contributed by atoms with van der Waals surface area (Å²) in [6.45, 7) is 35.6. The molecule has 0 rings (SSSR count). The number of hydrogen-bond acceptors (Lipinski definition) is 0. The summed E-state index contributed by atoms with van der Waals surface area (Å²) < 4.78 is 0. The van der Waals surface area contributed by atoms with Crippen LogP contribution in [0.2, 0.25) is 0 Å². The molecule has 0 amide bonds. The molecule has 0 fully saturated rings. The molecule has 60 heavy (non-hydrogen) atoms. The fraction of sp³-hybridized carbons (Fsp3) is 0.600. The van der Waals surface area contributed by atoms with Gasteiger partial charge in [-0.25, -0.2) is 0 Å². The Labute approximate surface area is 377 Å². The van der Waals surface area contributed by atoms with Crippen LogP contribution in [0.1, 0.15) is 239 Å². The van der Waals surface area contributed by atoms with Crippen LogP contribution < -0.4 is 0 Å². The third-order valence-electron chi connectivity index (χ3n) is 10.8. The average molecular weight is 821 g/mol. The quantitative estimate of drug-likeness (QED) is 0.0500. The number of unbranched alkanes of at least 4 members (excludes halogenated alkanes) is 2. The molecule has 0 atom stereocenters. The van der Waals surface area contributed by atoms with Crippen molar-refractivity contribution < 1.29 is 0 Å². The van der Waals surface area contributed by atoms with Gasteiger partial charge in [0, 0.05) is 0 Å². The Hall–Kier alpha value is -3.12. The molecule has 340 valence electrons. The Morgan fingerprint density at radius 3 is 0.417 bits per heavy atom. The second-order valence-corrected chi connectivity index (χ2v) is 19.0. The van der Waals surface area contributed by atoms with Crippen LogP contribution in [0.15, 0.2) is 140 Å². The SMILES string of the molecule is CC(C)=CCC/C(C)=C/CC/C(C)=C/CC/C=C(\C)CC/C=C(\C)CCC=C(C)C.CC(C)=CCCC(C)=CCCC(C)=CCCC=C(C)CCC=C(C)CCC=C(C)C. The van der Waals surface area contributed by atoms with Gasteiger partial charge in [-0.3, -0.25) is 0 Å². The van der Waals surface area contributed by atoms with E-state index in [1.807, 2.05) is 0 Å². The van der Waals surface area contributed by atoms with Crippen molar-refractivity contribution in [2.45, 2.75) is 239 Å².